The van der Waals surface area contributed by atoms with Crippen LogP contribution in [0.25, 0.3) is 5.69 Å². The van der Waals surface area contributed by atoms with Crippen molar-refractivity contribution in [3.63, 3.8) is 0 Å². The first kappa shape index (κ1) is 15.3. The van der Waals surface area contributed by atoms with Crippen LogP contribution in [0.2, 0.25) is 0 Å². The third-order valence-corrected chi connectivity index (χ3v) is 3.35. The fourth-order valence-electron chi connectivity index (χ4n) is 2.07. The Kier molecular flexibility index (Phi) is 4.25. The number of aromatic nitrogens is 2. The van der Waals surface area contributed by atoms with Gasteiger partial charge >= 0.3 is 0 Å². The maximum absolute atomic E-state index is 10.7. The van der Waals surface area contributed by atoms with Crippen LogP contribution in [0.3, 0.4) is 0 Å². The van der Waals surface area contributed by atoms with Crippen molar-refractivity contribution in [3.05, 3.63) is 82.2 Å². The first-order valence-corrected chi connectivity index (χ1v) is 7.11. The molecule has 0 saturated heterocycles. The molecule has 0 atom stereocenters. The predicted octanol–water partition coefficient (Wildman–Crippen LogP) is 3.19. The number of rotatable bonds is 3. The van der Waals surface area contributed by atoms with Crippen LogP contribution < -0.4 is 4.74 Å². The fraction of sp³-hybridized carbons (Fsp3) is 0.0556. The summed E-state index contributed by atoms with van der Waals surface area (Å²) >= 11 is 0. The van der Waals surface area contributed by atoms with Crippen LogP contribution in [0.15, 0.2) is 60.9 Å². The Hall–Kier alpha value is -3.59. The maximum Gasteiger partial charge on any atom is 0.269 e. The second-order valence-electron chi connectivity index (χ2n) is 4.93. The van der Waals surface area contributed by atoms with E-state index in [1.165, 1.54) is 12.1 Å². The van der Waals surface area contributed by atoms with Crippen molar-refractivity contribution in [1.29, 1.82) is 0 Å². The average Bonchev–Trinajstić information content (AvgIpc) is 3.09. The van der Waals surface area contributed by atoms with Gasteiger partial charge in [0.2, 0.25) is 0 Å². The number of nitrogens with zero attached hydrogens (tertiary/aromatic N) is 3. The molecule has 0 amide bonds. The van der Waals surface area contributed by atoms with Crippen molar-refractivity contribution >= 4 is 5.69 Å². The molecular weight excluding hydrogens is 306 g/mol. The first-order valence-electron chi connectivity index (χ1n) is 7.11. The number of methoxy groups -OCH3 is 1. The quantitative estimate of drug-likeness (QED) is 0.422. The van der Waals surface area contributed by atoms with Crippen LogP contribution in [0, 0.1) is 22.0 Å². The van der Waals surface area contributed by atoms with Gasteiger partial charge in [0.1, 0.15) is 5.75 Å². The van der Waals surface area contributed by atoms with E-state index in [1.807, 2.05) is 24.3 Å². The summed E-state index contributed by atoms with van der Waals surface area (Å²) in [4.78, 5) is 10.2. The second kappa shape index (κ2) is 6.67. The number of benzene rings is 2. The minimum atomic E-state index is -0.432. The summed E-state index contributed by atoms with van der Waals surface area (Å²) in [5.41, 5.74) is 2.41. The third-order valence-electron chi connectivity index (χ3n) is 3.35. The van der Waals surface area contributed by atoms with E-state index in [9.17, 15) is 10.1 Å². The van der Waals surface area contributed by atoms with Crippen molar-refractivity contribution in [2.24, 2.45) is 0 Å². The largest absolute Gasteiger partial charge is 0.497 e. The van der Waals surface area contributed by atoms with Gasteiger partial charge in [0.05, 0.1) is 29.5 Å². The van der Waals surface area contributed by atoms with Crippen LogP contribution in [0.5, 0.6) is 5.75 Å². The lowest BCUT2D eigenvalue weighted by Gasteiger charge is -1.99. The Bertz CT molecular complexity index is 917. The van der Waals surface area contributed by atoms with Gasteiger partial charge in [0, 0.05) is 23.9 Å². The Morgan fingerprint density at radius 2 is 1.71 bits per heavy atom. The van der Waals surface area contributed by atoms with Crippen LogP contribution in [0.1, 0.15) is 11.1 Å². The lowest BCUT2D eigenvalue weighted by atomic mass is 10.2. The summed E-state index contributed by atoms with van der Waals surface area (Å²) in [6.07, 6.45) is 3.43. The van der Waals surface area contributed by atoms with Crippen LogP contribution >= 0.6 is 0 Å². The molecule has 3 aromatic rings. The number of hydrogen-bond acceptors (Lipinski definition) is 4. The lowest BCUT2D eigenvalue weighted by molar-refractivity contribution is -0.384. The summed E-state index contributed by atoms with van der Waals surface area (Å²) in [5.74, 6) is 6.87. The number of ether oxygens (including phenoxy) is 1. The number of nitro benzene ring substituents is 1. The van der Waals surface area contributed by atoms with Crippen molar-refractivity contribution in [2.45, 2.75) is 0 Å². The van der Waals surface area contributed by atoms with E-state index < -0.39 is 4.92 Å². The van der Waals surface area contributed by atoms with Gasteiger partial charge < -0.3 is 4.74 Å². The highest BCUT2D eigenvalue weighted by molar-refractivity contribution is 5.45. The zero-order valence-electron chi connectivity index (χ0n) is 12.8. The van der Waals surface area contributed by atoms with E-state index in [2.05, 4.69) is 16.9 Å². The Balaban J connectivity index is 1.78. The average molecular weight is 319 g/mol. The molecule has 0 aliphatic heterocycles. The molecule has 0 saturated carbocycles. The standard InChI is InChI=1S/C18H13N3O3/c1-24-18-10-4-14(5-11-18)2-3-15-12-19-20(13-15)16-6-8-17(9-7-16)21(22)23/h4-13H,1H3. The fourth-order valence-corrected chi connectivity index (χ4v) is 2.07. The summed E-state index contributed by atoms with van der Waals surface area (Å²) in [7, 11) is 1.62. The Morgan fingerprint density at radius 1 is 1.04 bits per heavy atom. The third kappa shape index (κ3) is 3.42. The van der Waals surface area contributed by atoms with Gasteiger partial charge in [-0.05, 0) is 36.4 Å². The number of nitro groups is 1. The summed E-state index contributed by atoms with van der Waals surface area (Å²) in [5, 5.41) is 14.9. The molecule has 0 bridgehead atoms. The van der Waals surface area contributed by atoms with Gasteiger partial charge in [-0.1, -0.05) is 11.8 Å². The molecule has 2 aromatic carbocycles. The van der Waals surface area contributed by atoms with E-state index >= 15 is 0 Å². The predicted molar refractivity (Wildman–Crippen MR) is 89.2 cm³/mol. The molecule has 0 radical (unpaired) electrons. The number of non-ortho nitro benzene ring substituents is 1. The first-order chi connectivity index (χ1) is 11.7. The summed E-state index contributed by atoms with van der Waals surface area (Å²) in [6.45, 7) is 0. The zero-order chi connectivity index (χ0) is 16.9. The normalized spacial score (nSPS) is 9.88. The van der Waals surface area contributed by atoms with Gasteiger partial charge in [-0.2, -0.15) is 5.10 Å². The summed E-state index contributed by atoms with van der Waals surface area (Å²) < 4.78 is 6.73. The van der Waals surface area contributed by atoms with Gasteiger partial charge in [0.15, 0.2) is 0 Å². The lowest BCUT2D eigenvalue weighted by Crippen LogP contribution is -1.94. The maximum atomic E-state index is 10.7. The molecule has 0 aliphatic rings. The topological polar surface area (TPSA) is 70.2 Å². The smallest absolute Gasteiger partial charge is 0.269 e. The van der Waals surface area contributed by atoms with Gasteiger partial charge in [-0.3, -0.25) is 10.1 Å². The van der Waals surface area contributed by atoms with Gasteiger partial charge in [-0.25, -0.2) is 4.68 Å². The van der Waals surface area contributed by atoms with Crippen LogP contribution in [-0.4, -0.2) is 21.8 Å². The molecule has 6 heteroatoms. The van der Waals surface area contributed by atoms with E-state index in [4.69, 9.17) is 4.74 Å². The Labute approximate surface area is 138 Å². The zero-order valence-corrected chi connectivity index (χ0v) is 12.8. The molecule has 0 aliphatic carbocycles. The molecule has 0 N–H and O–H groups in total. The highest BCUT2D eigenvalue weighted by Crippen LogP contribution is 2.15. The molecule has 118 valence electrons. The van der Waals surface area contributed by atoms with E-state index in [0.717, 1.165) is 22.6 Å². The molecule has 1 aromatic heterocycles. The SMILES string of the molecule is COc1ccc(C#Cc2cnn(-c3ccc([N+](=O)[O-])cc3)c2)cc1. The highest BCUT2D eigenvalue weighted by Gasteiger charge is 2.05. The molecule has 0 spiro atoms. The van der Waals surface area contributed by atoms with E-state index in [1.54, 1.807) is 36.3 Å². The van der Waals surface area contributed by atoms with Crippen molar-refractivity contribution in [2.75, 3.05) is 7.11 Å². The Morgan fingerprint density at radius 3 is 2.33 bits per heavy atom. The molecule has 0 unspecified atom stereocenters. The second-order valence-corrected chi connectivity index (χ2v) is 4.93. The van der Waals surface area contributed by atoms with Crippen molar-refractivity contribution < 1.29 is 9.66 Å². The molecule has 6 nitrogen and oxygen atoms in total. The highest BCUT2D eigenvalue weighted by atomic mass is 16.6. The molecule has 24 heavy (non-hydrogen) atoms. The van der Waals surface area contributed by atoms with Gasteiger partial charge in [-0.15, -0.1) is 0 Å². The van der Waals surface area contributed by atoms with Gasteiger partial charge in [0.25, 0.3) is 5.69 Å². The summed E-state index contributed by atoms with van der Waals surface area (Å²) in [6, 6.07) is 13.6. The molecule has 1 heterocycles. The molecule has 3 rings (SSSR count). The van der Waals surface area contributed by atoms with E-state index in [0.29, 0.717) is 0 Å². The molecular formula is C18H13N3O3. The van der Waals surface area contributed by atoms with Crippen LogP contribution in [0.4, 0.5) is 5.69 Å². The van der Waals surface area contributed by atoms with Crippen molar-refractivity contribution in [1.82, 2.24) is 9.78 Å². The number of hydrogen-bond donors (Lipinski definition) is 0. The van der Waals surface area contributed by atoms with Crippen LogP contribution in [-0.2, 0) is 0 Å². The monoisotopic (exact) mass is 319 g/mol. The minimum absolute atomic E-state index is 0.0467. The van der Waals surface area contributed by atoms with E-state index in [-0.39, 0.29) is 5.69 Å². The minimum Gasteiger partial charge on any atom is -0.497 e. The van der Waals surface area contributed by atoms with Crippen molar-refractivity contribution in [3.8, 4) is 23.3 Å². The molecule has 0 fully saturated rings.